The molecule has 0 radical (unpaired) electrons. The average Bonchev–Trinajstić information content (AvgIpc) is 2.99. The van der Waals surface area contributed by atoms with Gasteiger partial charge >= 0.3 is 5.97 Å². The number of rotatable bonds is 9. The number of nitrogens with zero attached hydrogens (tertiary/aromatic N) is 1. The quantitative estimate of drug-likeness (QED) is 0.260. The van der Waals surface area contributed by atoms with Crippen LogP contribution in [0, 0.1) is 0 Å². The lowest BCUT2D eigenvalue weighted by Gasteiger charge is -2.14. The van der Waals surface area contributed by atoms with E-state index in [4.69, 9.17) is 14.2 Å². The summed E-state index contributed by atoms with van der Waals surface area (Å²) in [5.41, 5.74) is 1.68. The molecule has 3 rings (SSSR count). The van der Waals surface area contributed by atoms with Crippen LogP contribution in [0.4, 0.5) is 0 Å². The third-order valence-corrected chi connectivity index (χ3v) is 6.10. The van der Waals surface area contributed by atoms with Crippen molar-refractivity contribution >= 4 is 49.6 Å². The Morgan fingerprint density at radius 1 is 0.968 bits per heavy atom. The lowest BCUT2D eigenvalue weighted by atomic mass is 10.1. The maximum atomic E-state index is 12.4. The number of fused-ring (bicyclic) bond motifs is 1. The van der Waals surface area contributed by atoms with Crippen LogP contribution in [0.1, 0.15) is 39.1 Å². The summed E-state index contributed by atoms with van der Waals surface area (Å²) in [6.45, 7) is 0.321. The maximum absolute atomic E-state index is 12.4. The highest BCUT2D eigenvalue weighted by atomic mass is 79.9. The SMILES string of the molecule is COc1cc(Br)c(CCC(=O)OCCCN2C(=O)c3ccc(Br)cc3C2=O)cc1OC. The van der Waals surface area contributed by atoms with Gasteiger partial charge in [-0.15, -0.1) is 0 Å². The summed E-state index contributed by atoms with van der Waals surface area (Å²) in [5.74, 6) is 0.180. The second-order valence-corrected chi connectivity index (χ2v) is 8.59. The largest absolute Gasteiger partial charge is 0.493 e. The molecule has 0 aromatic heterocycles. The van der Waals surface area contributed by atoms with Crippen molar-refractivity contribution in [3.63, 3.8) is 0 Å². The summed E-state index contributed by atoms with van der Waals surface area (Å²) < 4.78 is 17.4. The molecule has 1 aliphatic rings. The summed E-state index contributed by atoms with van der Waals surface area (Å²) in [4.78, 5) is 38.1. The molecule has 0 fully saturated rings. The van der Waals surface area contributed by atoms with Crippen LogP contribution in [0.15, 0.2) is 39.3 Å². The minimum atomic E-state index is -0.354. The van der Waals surface area contributed by atoms with Crippen molar-refractivity contribution < 1.29 is 28.6 Å². The summed E-state index contributed by atoms with van der Waals surface area (Å²) in [6.07, 6.45) is 1.03. The molecule has 2 amide bonds. The van der Waals surface area contributed by atoms with E-state index in [1.165, 1.54) is 4.90 Å². The first-order chi connectivity index (χ1) is 14.8. The van der Waals surface area contributed by atoms with Gasteiger partial charge in [0.25, 0.3) is 11.8 Å². The predicted molar refractivity (Wildman–Crippen MR) is 121 cm³/mol. The summed E-state index contributed by atoms with van der Waals surface area (Å²) >= 11 is 6.78. The maximum Gasteiger partial charge on any atom is 0.306 e. The number of halogens is 2. The van der Waals surface area contributed by atoms with E-state index in [0.29, 0.717) is 35.5 Å². The van der Waals surface area contributed by atoms with Gasteiger partial charge in [0.05, 0.1) is 32.0 Å². The molecule has 0 atom stereocenters. The van der Waals surface area contributed by atoms with Crippen LogP contribution in [-0.2, 0) is 16.0 Å². The fourth-order valence-electron chi connectivity index (χ4n) is 3.27. The molecule has 7 nitrogen and oxygen atoms in total. The Morgan fingerprint density at radius 3 is 2.35 bits per heavy atom. The molecule has 0 unspecified atom stereocenters. The number of ether oxygens (including phenoxy) is 3. The third kappa shape index (κ3) is 5.27. The van der Waals surface area contributed by atoms with E-state index in [2.05, 4.69) is 31.9 Å². The number of aryl methyl sites for hydroxylation is 1. The van der Waals surface area contributed by atoms with Gasteiger partial charge in [-0.25, -0.2) is 0 Å². The highest BCUT2D eigenvalue weighted by Crippen LogP contribution is 2.34. The van der Waals surface area contributed by atoms with Crippen molar-refractivity contribution in [2.75, 3.05) is 27.4 Å². The number of hydrogen-bond donors (Lipinski definition) is 0. The number of imide groups is 1. The zero-order chi connectivity index (χ0) is 22.5. The Hall–Kier alpha value is -2.39. The van der Waals surface area contributed by atoms with Gasteiger partial charge < -0.3 is 14.2 Å². The molecular formula is C22H21Br2NO6. The summed E-state index contributed by atoms with van der Waals surface area (Å²) in [5, 5.41) is 0. The molecule has 0 saturated heterocycles. The Labute approximate surface area is 196 Å². The van der Waals surface area contributed by atoms with Gasteiger partial charge in [0, 0.05) is 21.9 Å². The standard InChI is InChI=1S/C22H21Br2NO6/c1-29-18-10-13(17(24)12-19(18)30-2)4-7-20(26)31-9-3-8-25-21(27)15-6-5-14(23)11-16(15)22(25)28/h5-6,10-12H,3-4,7-9H2,1-2H3. The van der Waals surface area contributed by atoms with Crippen LogP contribution in [-0.4, -0.2) is 50.1 Å². The first-order valence-electron chi connectivity index (χ1n) is 9.57. The third-order valence-electron chi connectivity index (χ3n) is 4.87. The fourth-order valence-corrected chi connectivity index (χ4v) is 4.15. The minimum Gasteiger partial charge on any atom is -0.493 e. The second-order valence-electron chi connectivity index (χ2n) is 6.82. The molecule has 0 bridgehead atoms. The fraction of sp³-hybridized carbons (Fsp3) is 0.318. The van der Waals surface area contributed by atoms with Crippen LogP contribution >= 0.6 is 31.9 Å². The first kappa shape index (κ1) is 23.3. The van der Waals surface area contributed by atoms with Gasteiger partial charge in [-0.3, -0.25) is 19.3 Å². The lowest BCUT2D eigenvalue weighted by molar-refractivity contribution is -0.143. The molecule has 1 heterocycles. The normalized spacial score (nSPS) is 12.7. The predicted octanol–water partition coefficient (Wildman–Crippen LogP) is 4.39. The van der Waals surface area contributed by atoms with E-state index in [9.17, 15) is 14.4 Å². The van der Waals surface area contributed by atoms with E-state index < -0.39 is 0 Å². The van der Waals surface area contributed by atoms with Gasteiger partial charge in [0.15, 0.2) is 11.5 Å². The molecular weight excluding hydrogens is 534 g/mol. The van der Waals surface area contributed by atoms with E-state index in [-0.39, 0.29) is 37.4 Å². The topological polar surface area (TPSA) is 82.1 Å². The molecule has 0 aliphatic carbocycles. The smallest absolute Gasteiger partial charge is 0.306 e. The van der Waals surface area contributed by atoms with Gasteiger partial charge in [-0.2, -0.15) is 0 Å². The Bertz CT molecular complexity index is 1020. The van der Waals surface area contributed by atoms with Crippen LogP contribution in [0.25, 0.3) is 0 Å². The minimum absolute atomic E-state index is 0.128. The van der Waals surface area contributed by atoms with Crippen molar-refractivity contribution in [1.82, 2.24) is 4.90 Å². The molecule has 2 aromatic carbocycles. The van der Waals surface area contributed by atoms with Gasteiger partial charge in [-0.1, -0.05) is 31.9 Å². The summed E-state index contributed by atoms with van der Waals surface area (Å²) in [6, 6.07) is 8.61. The van der Waals surface area contributed by atoms with E-state index in [1.807, 2.05) is 6.07 Å². The van der Waals surface area contributed by atoms with Gasteiger partial charge in [-0.05, 0) is 48.7 Å². The van der Waals surface area contributed by atoms with Crippen LogP contribution in [0.3, 0.4) is 0 Å². The van der Waals surface area contributed by atoms with E-state index in [0.717, 1.165) is 14.5 Å². The zero-order valence-corrected chi connectivity index (χ0v) is 20.2. The number of benzene rings is 2. The van der Waals surface area contributed by atoms with Gasteiger partial charge in [0.2, 0.25) is 0 Å². The lowest BCUT2D eigenvalue weighted by Crippen LogP contribution is -2.31. The molecule has 0 saturated carbocycles. The molecule has 0 N–H and O–H groups in total. The highest BCUT2D eigenvalue weighted by Gasteiger charge is 2.35. The number of carbonyl (C=O) groups excluding carboxylic acids is 3. The first-order valence-corrected chi connectivity index (χ1v) is 11.2. The van der Waals surface area contributed by atoms with Crippen molar-refractivity contribution in [2.24, 2.45) is 0 Å². The van der Waals surface area contributed by atoms with Crippen molar-refractivity contribution in [3.8, 4) is 11.5 Å². The van der Waals surface area contributed by atoms with Crippen molar-refractivity contribution in [3.05, 3.63) is 56.0 Å². The molecule has 31 heavy (non-hydrogen) atoms. The number of esters is 1. The Kier molecular flexibility index (Phi) is 7.72. The van der Waals surface area contributed by atoms with Crippen LogP contribution < -0.4 is 9.47 Å². The van der Waals surface area contributed by atoms with Crippen LogP contribution in [0.2, 0.25) is 0 Å². The van der Waals surface area contributed by atoms with E-state index >= 15 is 0 Å². The average molecular weight is 555 g/mol. The molecule has 1 aliphatic heterocycles. The Balaban J connectivity index is 1.45. The zero-order valence-electron chi connectivity index (χ0n) is 17.1. The monoisotopic (exact) mass is 553 g/mol. The number of carbonyl (C=O) groups is 3. The number of amides is 2. The van der Waals surface area contributed by atoms with Gasteiger partial charge in [0.1, 0.15) is 0 Å². The Morgan fingerprint density at radius 2 is 1.65 bits per heavy atom. The summed E-state index contributed by atoms with van der Waals surface area (Å²) in [7, 11) is 3.11. The van der Waals surface area contributed by atoms with Crippen molar-refractivity contribution in [2.45, 2.75) is 19.3 Å². The molecule has 0 spiro atoms. The molecule has 164 valence electrons. The number of hydrogen-bond acceptors (Lipinski definition) is 6. The molecule has 2 aromatic rings. The second kappa shape index (κ2) is 10.3. The number of methoxy groups -OCH3 is 2. The highest BCUT2D eigenvalue weighted by molar-refractivity contribution is 9.10. The van der Waals surface area contributed by atoms with Crippen LogP contribution in [0.5, 0.6) is 11.5 Å². The van der Waals surface area contributed by atoms with Crippen molar-refractivity contribution in [1.29, 1.82) is 0 Å². The van der Waals surface area contributed by atoms with E-state index in [1.54, 1.807) is 38.5 Å². The molecule has 9 heteroatoms.